The molecule has 0 saturated carbocycles. The molecule has 126 valence electrons. The highest BCUT2D eigenvalue weighted by atomic mass is 32.1. The highest BCUT2D eigenvalue weighted by Gasteiger charge is 2.26. The molecular weight excluding hydrogens is 332 g/mol. The predicted molar refractivity (Wildman–Crippen MR) is 90.9 cm³/mol. The third-order valence-corrected chi connectivity index (χ3v) is 4.79. The first-order valence-electron chi connectivity index (χ1n) is 7.01. The lowest BCUT2D eigenvalue weighted by Crippen LogP contribution is -2.16. The van der Waals surface area contributed by atoms with Crippen LogP contribution >= 0.6 is 11.3 Å². The molecule has 0 spiro atoms. The van der Waals surface area contributed by atoms with Gasteiger partial charge >= 0.3 is 5.97 Å². The number of nitrogens with zero attached hydrogens (tertiary/aromatic N) is 1. The number of thiophene rings is 1. The highest BCUT2D eigenvalue weighted by molar-refractivity contribution is 7.16. The van der Waals surface area contributed by atoms with E-state index >= 15 is 0 Å². The van der Waals surface area contributed by atoms with Crippen molar-refractivity contribution < 1.29 is 19.2 Å². The number of anilines is 1. The average Bonchev–Trinajstić information content (AvgIpc) is 2.80. The molecule has 0 radical (unpaired) electrons. The molecule has 0 fully saturated rings. The second kappa shape index (κ2) is 6.79. The Hall–Kier alpha value is -2.74. The molecule has 24 heavy (non-hydrogen) atoms. The van der Waals surface area contributed by atoms with Crippen LogP contribution in [0.3, 0.4) is 0 Å². The molecule has 1 amide bonds. The van der Waals surface area contributed by atoms with Crippen LogP contribution in [0.5, 0.6) is 0 Å². The molecule has 1 aromatic carbocycles. The largest absolute Gasteiger partial charge is 0.465 e. The number of aryl methyl sites for hydroxylation is 2. The van der Waals surface area contributed by atoms with Gasteiger partial charge in [0.15, 0.2) is 0 Å². The summed E-state index contributed by atoms with van der Waals surface area (Å²) in [6.07, 6.45) is 0. The number of nitro benzene ring substituents is 1. The number of carbonyl (C=O) groups excluding carboxylic acids is 2. The van der Waals surface area contributed by atoms with Gasteiger partial charge in [-0.3, -0.25) is 14.9 Å². The number of hydrogen-bond acceptors (Lipinski definition) is 6. The van der Waals surface area contributed by atoms with E-state index in [0.717, 1.165) is 4.88 Å². The van der Waals surface area contributed by atoms with Gasteiger partial charge in [-0.1, -0.05) is 12.1 Å². The van der Waals surface area contributed by atoms with Crippen LogP contribution in [0.15, 0.2) is 18.2 Å². The molecule has 0 bridgehead atoms. The quantitative estimate of drug-likeness (QED) is 0.517. The van der Waals surface area contributed by atoms with Gasteiger partial charge in [-0.25, -0.2) is 4.79 Å². The van der Waals surface area contributed by atoms with Crippen LogP contribution in [-0.2, 0) is 4.74 Å². The summed E-state index contributed by atoms with van der Waals surface area (Å²) >= 11 is 1.22. The number of nitro groups is 1. The number of amides is 1. The van der Waals surface area contributed by atoms with Gasteiger partial charge in [0.05, 0.1) is 17.6 Å². The minimum atomic E-state index is -0.642. The maximum Gasteiger partial charge on any atom is 0.341 e. The number of methoxy groups -OCH3 is 1. The van der Waals surface area contributed by atoms with E-state index in [0.29, 0.717) is 16.1 Å². The number of benzene rings is 1. The molecule has 0 saturated heterocycles. The maximum atomic E-state index is 12.5. The molecule has 1 aromatic heterocycles. The summed E-state index contributed by atoms with van der Waals surface area (Å²) in [7, 11) is 1.26. The first-order valence-corrected chi connectivity index (χ1v) is 7.83. The van der Waals surface area contributed by atoms with Gasteiger partial charge in [-0.2, -0.15) is 0 Å². The lowest BCUT2D eigenvalue weighted by molar-refractivity contribution is -0.385. The third-order valence-electron chi connectivity index (χ3n) is 3.67. The zero-order valence-electron chi connectivity index (χ0n) is 13.6. The molecule has 0 aliphatic rings. The fourth-order valence-electron chi connectivity index (χ4n) is 2.32. The molecular formula is C16H16N2O5S. The van der Waals surface area contributed by atoms with Crippen LogP contribution in [-0.4, -0.2) is 23.9 Å². The summed E-state index contributed by atoms with van der Waals surface area (Å²) in [5.74, 6) is -1.21. The molecule has 1 heterocycles. The summed E-state index contributed by atoms with van der Waals surface area (Å²) in [5, 5.41) is 14.2. The topological polar surface area (TPSA) is 98.5 Å². The highest BCUT2D eigenvalue weighted by Crippen LogP contribution is 2.34. The van der Waals surface area contributed by atoms with Crippen LogP contribution in [0.2, 0.25) is 0 Å². The first kappa shape index (κ1) is 17.6. The standard InChI is InChI=1S/C16H16N2O5S/c1-8-6-5-7-11(13(8)18(21)22)14(19)17-15-12(16(20)23-4)9(2)10(3)24-15/h5-7H,1-4H3,(H,17,19). The lowest BCUT2D eigenvalue weighted by Gasteiger charge is -2.07. The molecule has 0 aliphatic carbocycles. The Morgan fingerprint density at radius 2 is 1.92 bits per heavy atom. The molecule has 0 aliphatic heterocycles. The third kappa shape index (κ3) is 3.13. The van der Waals surface area contributed by atoms with Crippen molar-refractivity contribution in [2.45, 2.75) is 20.8 Å². The van der Waals surface area contributed by atoms with E-state index in [2.05, 4.69) is 5.32 Å². The van der Waals surface area contributed by atoms with Crippen LogP contribution in [0.1, 0.15) is 36.7 Å². The Bertz CT molecular complexity index is 841. The van der Waals surface area contributed by atoms with Crippen molar-refractivity contribution in [3.05, 3.63) is 55.4 Å². The molecule has 2 rings (SSSR count). The van der Waals surface area contributed by atoms with Gasteiger partial charge < -0.3 is 10.1 Å². The van der Waals surface area contributed by atoms with E-state index in [4.69, 9.17) is 4.74 Å². The van der Waals surface area contributed by atoms with Crippen molar-refractivity contribution in [1.82, 2.24) is 0 Å². The van der Waals surface area contributed by atoms with E-state index < -0.39 is 16.8 Å². The molecule has 0 atom stereocenters. The Balaban J connectivity index is 2.46. The number of esters is 1. The van der Waals surface area contributed by atoms with Gasteiger partial charge in [0, 0.05) is 10.4 Å². The van der Waals surface area contributed by atoms with Crippen LogP contribution in [0.25, 0.3) is 0 Å². The Morgan fingerprint density at radius 3 is 2.50 bits per heavy atom. The van der Waals surface area contributed by atoms with Crippen molar-refractivity contribution in [1.29, 1.82) is 0 Å². The minimum absolute atomic E-state index is 0.0560. The second-order valence-electron chi connectivity index (χ2n) is 5.16. The Labute approximate surface area is 142 Å². The number of carbonyl (C=O) groups is 2. The number of rotatable bonds is 4. The van der Waals surface area contributed by atoms with Crippen molar-refractivity contribution in [2.75, 3.05) is 12.4 Å². The van der Waals surface area contributed by atoms with Crippen LogP contribution in [0, 0.1) is 30.9 Å². The zero-order valence-corrected chi connectivity index (χ0v) is 14.4. The summed E-state index contributed by atoms with van der Waals surface area (Å²) in [6, 6.07) is 4.52. The van der Waals surface area contributed by atoms with E-state index in [1.807, 2.05) is 6.92 Å². The summed E-state index contributed by atoms with van der Waals surface area (Å²) in [4.78, 5) is 36.0. The fraction of sp³-hybridized carbons (Fsp3) is 0.250. The van der Waals surface area contributed by atoms with Gasteiger partial charge in [0.2, 0.25) is 0 Å². The smallest absolute Gasteiger partial charge is 0.341 e. The number of hydrogen-bond donors (Lipinski definition) is 1. The molecule has 0 unspecified atom stereocenters. The van der Waals surface area contributed by atoms with E-state index in [-0.39, 0.29) is 16.8 Å². The number of nitrogens with one attached hydrogen (secondary N) is 1. The minimum Gasteiger partial charge on any atom is -0.465 e. The van der Waals surface area contributed by atoms with Crippen LogP contribution < -0.4 is 5.32 Å². The summed E-state index contributed by atoms with van der Waals surface area (Å²) in [5.41, 5.74) is 1.06. The first-order chi connectivity index (χ1) is 11.3. The van der Waals surface area contributed by atoms with E-state index in [1.54, 1.807) is 26.0 Å². The molecule has 7 nitrogen and oxygen atoms in total. The fourth-order valence-corrected chi connectivity index (χ4v) is 3.36. The van der Waals surface area contributed by atoms with Crippen molar-refractivity contribution in [2.24, 2.45) is 0 Å². The van der Waals surface area contributed by atoms with Crippen molar-refractivity contribution in [3.8, 4) is 0 Å². The van der Waals surface area contributed by atoms with Crippen molar-refractivity contribution in [3.63, 3.8) is 0 Å². The average molecular weight is 348 g/mol. The SMILES string of the molecule is COC(=O)c1c(NC(=O)c2cccc(C)c2[N+](=O)[O-])sc(C)c1C. The number of para-hydroxylation sites is 1. The monoisotopic (exact) mass is 348 g/mol. The number of ether oxygens (including phenoxy) is 1. The van der Waals surface area contributed by atoms with E-state index in [1.165, 1.54) is 24.5 Å². The van der Waals surface area contributed by atoms with Gasteiger partial charge in [0.1, 0.15) is 10.6 Å². The van der Waals surface area contributed by atoms with Crippen molar-refractivity contribution >= 4 is 33.9 Å². The zero-order chi connectivity index (χ0) is 18.0. The second-order valence-corrected chi connectivity index (χ2v) is 6.39. The van der Waals surface area contributed by atoms with Crippen LogP contribution in [0.4, 0.5) is 10.7 Å². The Morgan fingerprint density at radius 1 is 1.25 bits per heavy atom. The summed E-state index contributed by atoms with van der Waals surface area (Å²) in [6.45, 7) is 5.13. The van der Waals surface area contributed by atoms with Gasteiger partial charge in [-0.15, -0.1) is 11.3 Å². The molecule has 2 aromatic rings. The van der Waals surface area contributed by atoms with E-state index in [9.17, 15) is 19.7 Å². The Kier molecular flexibility index (Phi) is 4.99. The maximum absolute atomic E-state index is 12.5. The lowest BCUT2D eigenvalue weighted by atomic mass is 10.1. The predicted octanol–water partition coefficient (Wildman–Crippen LogP) is 3.62. The summed E-state index contributed by atoms with van der Waals surface area (Å²) < 4.78 is 4.75. The molecule has 1 N–H and O–H groups in total. The van der Waals surface area contributed by atoms with Gasteiger partial charge in [0.25, 0.3) is 11.6 Å². The van der Waals surface area contributed by atoms with Gasteiger partial charge in [-0.05, 0) is 32.4 Å². The normalized spacial score (nSPS) is 10.3. The molecule has 8 heteroatoms.